The molecule has 0 spiro atoms. The van der Waals surface area contributed by atoms with E-state index in [4.69, 9.17) is 11.6 Å². The Balaban J connectivity index is 1.46. The molecular formula is C18H19ClN4O2. The van der Waals surface area contributed by atoms with Crippen molar-refractivity contribution in [3.63, 3.8) is 0 Å². The summed E-state index contributed by atoms with van der Waals surface area (Å²) >= 11 is 6.01. The molecule has 1 unspecified atom stereocenters. The Labute approximate surface area is 150 Å². The minimum Gasteiger partial charge on any atom is -0.346 e. The number of anilines is 1. The quantitative estimate of drug-likeness (QED) is 0.884. The highest BCUT2D eigenvalue weighted by molar-refractivity contribution is 6.30. The van der Waals surface area contributed by atoms with E-state index in [1.165, 1.54) is 0 Å². The first kappa shape index (κ1) is 16.1. The zero-order valence-corrected chi connectivity index (χ0v) is 14.5. The van der Waals surface area contributed by atoms with Gasteiger partial charge in [0.05, 0.1) is 6.04 Å². The number of H-pyrrole nitrogens is 1. The van der Waals surface area contributed by atoms with E-state index in [-0.39, 0.29) is 24.3 Å². The molecule has 1 atom stereocenters. The number of aryl methyl sites for hydroxylation is 1. The van der Waals surface area contributed by atoms with E-state index in [0.29, 0.717) is 17.3 Å². The molecule has 0 radical (unpaired) electrons. The van der Waals surface area contributed by atoms with Gasteiger partial charge in [0.25, 0.3) is 5.91 Å². The molecule has 1 aromatic heterocycles. The van der Waals surface area contributed by atoms with Gasteiger partial charge in [-0.15, -0.1) is 0 Å². The van der Waals surface area contributed by atoms with Crippen molar-refractivity contribution in [2.75, 3.05) is 11.4 Å². The first-order valence-electron chi connectivity index (χ1n) is 8.55. The van der Waals surface area contributed by atoms with Gasteiger partial charge in [0, 0.05) is 34.9 Å². The normalized spacial score (nSPS) is 19.8. The van der Waals surface area contributed by atoms with Gasteiger partial charge in [0.1, 0.15) is 0 Å². The molecular weight excluding hydrogens is 340 g/mol. The van der Waals surface area contributed by atoms with Crippen LogP contribution >= 0.6 is 11.6 Å². The smallest absolute Gasteiger partial charge is 0.272 e. The molecule has 1 fully saturated rings. The number of carbonyl (C=O) groups is 2. The first-order valence-corrected chi connectivity index (χ1v) is 8.92. The van der Waals surface area contributed by atoms with Crippen LogP contribution in [0.15, 0.2) is 24.3 Å². The average Bonchev–Trinajstić information content (AvgIpc) is 3.18. The van der Waals surface area contributed by atoms with Crippen LogP contribution in [0, 0.1) is 0 Å². The maximum absolute atomic E-state index is 12.6. The van der Waals surface area contributed by atoms with Crippen molar-refractivity contribution in [2.24, 2.45) is 0 Å². The third-order valence-electron chi connectivity index (χ3n) is 4.85. The number of rotatable bonds is 3. The van der Waals surface area contributed by atoms with E-state index in [9.17, 15) is 9.59 Å². The minimum absolute atomic E-state index is 0.0170. The summed E-state index contributed by atoms with van der Waals surface area (Å²) < 4.78 is 0. The van der Waals surface area contributed by atoms with Gasteiger partial charge in [-0.05, 0) is 43.9 Å². The molecule has 2 N–H and O–H groups in total. The van der Waals surface area contributed by atoms with Gasteiger partial charge in [0.15, 0.2) is 5.69 Å². The summed E-state index contributed by atoms with van der Waals surface area (Å²) in [5.74, 6) is -0.221. The molecule has 4 rings (SSSR count). The Bertz CT molecular complexity index is 832. The van der Waals surface area contributed by atoms with Crippen molar-refractivity contribution in [3.05, 3.63) is 46.2 Å². The fraction of sp³-hybridized carbons (Fsp3) is 0.389. The molecule has 1 aliphatic heterocycles. The molecule has 2 aromatic rings. The Morgan fingerprint density at radius 3 is 3.00 bits per heavy atom. The van der Waals surface area contributed by atoms with Crippen molar-refractivity contribution in [2.45, 2.75) is 38.1 Å². The number of hydrogen-bond acceptors (Lipinski definition) is 3. The van der Waals surface area contributed by atoms with Crippen molar-refractivity contribution >= 4 is 29.1 Å². The lowest BCUT2D eigenvalue weighted by Gasteiger charge is -2.17. The molecule has 1 aliphatic carbocycles. The number of halogens is 1. The van der Waals surface area contributed by atoms with E-state index in [0.717, 1.165) is 42.6 Å². The minimum atomic E-state index is -0.227. The standard InChI is InChI=1S/C18H19ClN4O2/c19-11-4-3-5-13(8-11)23-10-12(9-16(23)24)20-18(25)17-14-6-1-2-7-15(14)21-22-17/h3-5,8,12H,1-2,6-7,9-10H2,(H,20,25)(H,21,22). The lowest BCUT2D eigenvalue weighted by Crippen LogP contribution is -2.37. The maximum atomic E-state index is 12.6. The topological polar surface area (TPSA) is 78.1 Å². The number of amides is 2. The van der Waals surface area contributed by atoms with E-state index in [1.54, 1.807) is 17.0 Å². The van der Waals surface area contributed by atoms with Crippen molar-refractivity contribution in [3.8, 4) is 0 Å². The number of carbonyl (C=O) groups excluding carboxylic acids is 2. The molecule has 130 valence electrons. The molecule has 6 nitrogen and oxygen atoms in total. The molecule has 0 bridgehead atoms. The summed E-state index contributed by atoms with van der Waals surface area (Å²) in [6.45, 7) is 0.442. The summed E-state index contributed by atoms with van der Waals surface area (Å²) in [5.41, 5.74) is 3.33. The fourth-order valence-electron chi connectivity index (χ4n) is 3.62. The fourth-order valence-corrected chi connectivity index (χ4v) is 3.80. The van der Waals surface area contributed by atoms with Crippen molar-refractivity contribution in [1.29, 1.82) is 0 Å². The van der Waals surface area contributed by atoms with Gasteiger partial charge in [-0.25, -0.2) is 0 Å². The van der Waals surface area contributed by atoms with Crippen LogP contribution in [0.5, 0.6) is 0 Å². The Kier molecular flexibility index (Phi) is 4.21. The predicted molar refractivity (Wildman–Crippen MR) is 94.9 cm³/mol. The molecule has 1 saturated heterocycles. The maximum Gasteiger partial charge on any atom is 0.272 e. The number of nitrogens with zero attached hydrogens (tertiary/aromatic N) is 2. The molecule has 25 heavy (non-hydrogen) atoms. The summed E-state index contributed by atoms with van der Waals surface area (Å²) in [6, 6.07) is 6.96. The number of nitrogens with one attached hydrogen (secondary N) is 2. The van der Waals surface area contributed by atoms with Crippen LogP contribution in [0.3, 0.4) is 0 Å². The molecule has 2 amide bonds. The Morgan fingerprint density at radius 1 is 1.32 bits per heavy atom. The highest BCUT2D eigenvalue weighted by Crippen LogP contribution is 2.25. The van der Waals surface area contributed by atoms with Crippen LogP contribution in [0.25, 0.3) is 0 Å². The lowest BCUT2D eigenvalue weighted by molar-refractivity contribution is -0.117. The SMILES string of the molecule is O=C(NC1CC(=O)N(c2cccc(Cl)c2)C1)c1n[nH]c2c1CCCC2. The number of benzene rings is 1. The van der Waals surface area contributed by atoms with Gasteiger partial charge in [-0.3, -0.25) is 14.7 Å². The monoisotopic (exact) mass is 358 g/mol. The average molecular weight is 359 g/mol. The largest absolute Gasteiger partial charge is 0.346 e. The second kappa shape index (κ2) is 6.52. The van der Waals surface area contributed by atoms with Gasteiger partial charge in [-0.1, -0.05) is 17.7 Å². The van der Waals surface area contributed by atoms with Crippen LogP contribution in [0.1, 0.15) is 41.0 Å². The third-order valence-corrected chi connectivity index (χ3v) is 5.09. The van der Waals surface area contributed by atoms with E-state index in [2.05, 4.69) is 15.5 Å². The summed E-state index contributed by atoms with van der Waals surface area (Å²) in [7, 11) is 0. The Hall–Kier alpha value is -2.34. The highest BCUT2D eigenvalue weighted by atomic mass is 35.5. The van der Waals surface area contributed by atoms with E-state index in [1.807, 2.05) is 12.1 Å². The van der Waals surface area contributed by atoms with Gasteiger partial charge >= 0.3 is 0 Å². The number of fused-ring (bicyclic) bond motifs is 1. The van der Waals surface area contributed by atoms with Crippen molar-refractivity contribution in [1.82, 2.24) is 15.5 Å². The zero-order chi connectivity index (χ0) is 17.4. The Morgan fingerprint density at radius 2 is 2.16 bits per heavy atom. The first-order chi connectivity index (χ1) is 12.1. The second-order valence-electron chi connectivity index (χ2n) is 6.60. The second-order valence-corrected chi connectivity index (χ2v) is 7.03. The number of aromatic nitrogens is 2. The predicted octanol–water partition coefficient (Wildman–Crippen LogP) is 2.48. The number of hydrogen-bond donors (Lipinski definition) is 2. The lowest BCUT2D eigenvalue weighted by atomic mass is 9.95. The van der Waals surface area contributed by atoms with Gasteiger partial charge in [0.2, 0.25) is 5.91 Å². The van der Waals surface area contributed by atoms with Crippen LogP contribution in [-0.2, 0) is 17.6 Å². The molecule has 0 saturated carbocycles. The third kappa shape index (κ3) is 3.14. The summed E-state index contributed by atoms with van der Waals surface area (Å²) in [6.07, 6.45) is 4.32. The van der Waals surface area contributed by atoms with Gasteiger partial charge in [-0.2, -0.15) is 5.10 Å². The summed E-state index contributed by atoms with van der Waals surface area (Å²) in [4.78, 5) is 26.6. The molecule has 2 heterocycles. The van der Waals surface area contributed by atoms with E-state index < -0.39 is 0 Å². The van der Waals surface area contributed by atoms with Crippen LogP contribution in [0.2, 0.25) is 5.02 Å². The molecule has 7 heteroatoms. The highest BCUT2D eigenvalue weighted by Gasteiger charge is 2.33. The molecule has 2 aliphatic rings. The van der Waals surface area contributed by atoms with Crippen molar-refractivity contribution < 1.29 is 9.59 Å². The van der Waals surface area contributed by atoms with E-state index >= 15 is 0 Å². The van der Waals surface area contributed by atoms with Crippen LogP contribution in [0.4, 0.5) is 5.69 Å². The molecule has 1 aromatic carbocycles. The zero-order valence-electron chi connectivity index (χ0n) is 13.7. The summed E-state index contributed by atoms with van der Waals surface area (Å²) in [5, 5.41) is 10.7. The van der Waals surface area contributed by atoms with Crippen LogP contribution in [-0.4, -0.2) is 34.6 Å². The van der Waals surface area contributed by atoms with Gasteiger partial charge < -0.3 is 10.2 Å². The number of aromatic amines is 1. The van der Waals surface area contributed by atoms with Crippen LogP contribution < -0.4 is 10.2 Å².